The van der Waals surface area contributed by atoms with Crippen LogP contribution in [0.5, 0.6) is 0 Å². The van der Waals surface area contributed by atoms with Gasteiger partial charge in [0.25, 0.3) is 0 Å². The van der Waals surface area contributed by atoms with E-state index in [-0.39, 0.29) is 0 Å². The molecule has 20 heteroatoms. The second kappa shape index (κ2) is 8.63. The molecule has 0 aliphatic heterocycles. The predicted octanol–water partition coefficient (Wildman–Crippen LogP) is -1.47. The summed E-state index contributed by atoms with van der Waals surface area (Å²) in [5.74, 6) is 0. The van der Waals surface area contributed by atoms with Gasteiger partial charge in [-0.25, -0.2) is 0 Å². The average Bonchev–Trinajstić information content (AvgIpc) is 2.19. The van der Waals surface area contributed by atoms with Gasteiger partial charge in [-0.15, -0.1) is 0 Å². The first-order valence-corrected chi connectivity index (χ1v) is 13.8. The van der Waals surface area contributed by atoms with Gasteiger partial charge in [-0.05, 0) is 6.92 Å². The minimum atomic E-state index is -5.25. The van der Waals surface area contributed by atoms with Crippen molar-refractivity contribution in [2.24, 2.45) is 0 Å². The maximum Gasteiger partial charge on any atom is 0.341 e. The fourth-order valence-electron chi connectivity index (χ4n) is 0.817. The molecule has 0 radical (unpaired) electrons. The van der Waals surface area contributed by atoms with Crippen LogP contribution in [0.4, 0.5) is 0 Å². The highest BCUT2D eigenvalue weighted by atomic mass is 31.2. The number of rotatable bonds is 6. The highest BCUT2D eigenvalue weighted by Crippen LogP contribution is 2.63. The smallest absolute Gasteiger partial charge is 0.324 e. The fraction of sp³-hybridized carbons (Fsp3) is 1.00. The van der Waals surface area contributed by atoms with E-state index in [1.54, 1.807) is 0 Å². The molecule has 24 heavy (non-hydrogen) atoms. The third-order valence-corrected chi connectivity index (χ3v) is 11.0. The molecule has 0 saturated heterocycles. The SMILES string of the molecule is CC(P(=O)(O)O)P(=O)(O)O.O=P(O)(O)CC(P(=O)(O)O)P(=O)(O)O. The molecule has 0 aromatic carbocycles. The van der Waals surface area contributed by atoms with Crippen molar-refractivity contribution < 1.29 is 71.8 Å². The third-order valence-electron chi connectivity index (χ3n) is 2.15. The van der Waals surface area contributed by atoms with E-state index in [0.29, 0.717) is 0 Å². The molecular weight excluding hydrogens is 443 g/mol. The zero-order chi connectivity index (χ0) is 20.4. The van der Waals surface area contributed by atoms with Crippen LogP contribution in [0.2, 0.25) is 0 Å². The zero-order valence-electron chi connectivity index (χ0n) is 11.6. The first-order chi connectivity index (χ1) is 9.99. The Labute approximate surface area is 134 Å². The van der Waals surface area contributed by atoms with E-state index < -0.39 is 54.9 Å². The lowest BCUT2D eigenvalue weighted by molar-refractivity contribution is 0.331. The first-order valence-electron chi connectivity index (χ1n) is 5.25. The molecule has 0 amide bonds. The van der Waals surface area contributed by atoms with Gasteiger partial charge < -0.3 is 48.9 Å². The Morgan fingerprint density at radius 2 is 0.833 bits per heavy atom. The van der Waals surface area contributed by atoms with Crippen molar-refractivity contribution in [2.45, 2.75) is 17.7 Å². The molecule has 10 N–H and O–H groups in total. The molecular formula is C4H17O15P5. The molecule has 15 nitrogen and oxygen atoms in total. The maximum absolute atomic E-state index is 10.5. The standard InChI is InChI=1S/C2H9O9P3.C2H8O6P2/c3-12(4,5)1-2(13(6,7)8)14(9,10)11;1-2(9(3,4)5)10(6,7)8/h2H,1H2,(H2,3,4,5)(H2,6,7,8)(H2,9,10,11);2H,1H3,(H2,3,4,5)(H2,6,7,8). The van der Waals surface area contributed by atoms with Crippen molar-refractivity contribution in [1.82, 2.24) is 0 Å². The van der Waals surface area contributed by atoms with E-state index in [0.717, 1.165) is 6.92 Å². The van der Waals surface area contributed by atoms with Crippen LogP contribution in [-0.4, -0.2) is 65.9 Å². The average molecular weight is 460 g/mol. The monoisotopic (exact) mass is 460 g/mol. The summed E-state index contributed by atoms with van der Waals surface area (Å²) in [6.45, 7) is 0.807. The Kier molecular flexibility index (Phi) is 9.69. The Bertz CT molecular complexity index is 593. The van der Waals surface area contributed by atoms with E-state index in [2.05, 4.69) is 0 Å². The van der Waals surface area contributed by atoms with Crippen molar-refractivity contribution in [1.29, 1.82) is 0 Å². The van der Waals surface area contributed by atoms with E-state index >= 15 is 0 Å². The van der Waals surface area contributed by atoms with Crippen molar-refractivity contribution in [3.05, 3.63) is 0 Å². The lowest BCUT2D eigenvalue weighted by Crippen LogP contribution is -2.14. The van der Waals surface area contributed by atoms with Gasteiger partial charge in [-0.3, -0.25) is 22.8 Å². The van der Waals surface area contributed by atoms with E-state index in [4.69, 9.17) is 48.9 Å². The van der Waals surface area contributed by atoms with Gasteiger partial charge in [0.2, 0.25) is 0 Å². The molecule has 0 fully saturated rings. The summed E-state index contributed by atoms with van der Waals surface area (Å²) >= 11 is 0. The molecule has 0 aliphatic carbocycles. The summed E-state index contributed by atoms with van der Waals surface area (Å²) in [6, 6.07) is 0. The first kappa shape index (κ1) is 27.0. The molecule has 0 spiro atoms. The molecule has 0 aromatic rings. The summed E-state index contributed by atoms with van der Waals surface area (Å²) in [5, 5.41) is -4.56. The Balaban J connectivity index is 0. The summed E-state index contributed by atoms with van der Waals surface area (Å²) in [7, 11) is -24.7. The quantitative estimate of drug-likeness (QED) is 0.203. The van der Waals surface area contributed by atoms with Crippen molar-refractivity contribution >= 4 is 38.0 Å². The van der Waals surface area contributed by atoms with Gasteiger partial charge in [-0.2, -0.15) is 0 Å². The van der Waals surface area contributed by atoms with Crippen LogP contribution >= 0.6 is 38.0 Å². The van der Waals surface area contributed by atoms with Crippen molar-refractivity contribution in [3.63, 3.8) is 0 Å². The normalized spacial score (nSPS) is 14.5. The highest BCUT2D eigenvalue weighted by Gasteiger charge is 2.47. The van der Waals surface area contributed by atoms with Crippen LogP contribution in [0.15, 0.2) is 0 Å². The third kappa shape index (κ3) is 12.2. The minimum Gasteiger partial charge on any atom is -0.324 e. The van der Waals surface area contributed by atoms with Gasteiger partial charge in [0.15, 0.2) is 10.8 Å². The van der Waals surface area contributed by atoms with Crippen LogP contribution in [0.1, 0.15) is 6.92 Å². The van der Waals surface area contributed by atoms with Gasteiger partial charge in [-0.1, -0.05) is 0 Å². The lowest BCUT2D eigenvalue weighted by Gasteiger charge is -2.19. The fourth-order valence-corrected chi connectivity index (χ4v) is 7.36. The molecule has 0 bridgehead atoms. The summed E-state index contributed by atoms with van der Waals surface area (Å²) < 4.78 is 51.7. The van der Waals surface area contributed by atoms with Crippen LogP contribution in [0.25, 0.3) is 0 Å². The van der Waals surface area contributed by atoms with Gasteiger partial charge in [0.05, 0.1) is 6.16 Å². The summed E-state index contributed by atoms with van der Waals surface area (Å²) in [4.78, 5) is 83.4. The van der Waals surface area contributed by atoms with E-state index in [9.17, 15) is 22.8 Å². The highest BCUT2D eigenvalue weighted by molar-refractivity contribution is 7.72. The summed E-state index contributed by atoms with van der Waals surface area (Å²) in [5.41, 5.74) is 0. The van der Waals surface area contributed by atoms with Crippen LogP contribution in [0.3, 0.4) is 0 Å². The summed E-state index contributed by atoms with van der Waals surface area (Å²) in [6.07, 6.45) is -1.55. The maximum atomic E-state index is 10.5. The van der Waals surface area contributed by atoms with Crippen LogP contribution in [0, 0.1) is 0 Å². The number of hydrogen-bond donors (Lipinski definition) is 10. The van der Waals surface area contributed by atoms with Gasteiger partial charge in [0, 0.05) is 0 Å². The molecule has 0 unspecified atom stereocenters. The zero-order valence-corrected chi connectivity index (χ0v) is 16.1. The Morgan fingerprint density at radius 3 is 0.875 bits per heavy atom. The van der Waals surface area contributed by atoms with E-state index in [1.165, 1.54) is 0 Å². The van der Waals surface area contributed by atoms with Crippen LogP contribution in [-0.2, 0) is 22.8 Å². The van der Waals surface area contributed by atoms with Crippen molar-refractivity contribution in [2.75, 3.05) is 6.16 Å². The molecule has 0 atom stereocenters. The molecule has 0 rings (SSSR count). The molecule has 0 aromatic heterocycles. The molecule has 0 heterocycles. The number of hydrogen-bond acceptors (Lipinski definition) is 5. The molecule has 148 valence electrons. The topological polar surface area (TPSA) is 288 Å². The largest absolute Gasteiger partial charge is 0.341 e. The van der Waals surface area contributed by atoms with E-state index in [1.807, 2.05) is 0 Å². The van der Waals surface area contributed by atoms with Gasteiger partial charge >= 0.3 is 38.0 Å². The Morgan fingerprint density at radius 1 is 0.583 bits per heavy atom. The molecule has 0 aliphatic rings. The van der Waals surface area contributed by atoms with Crippen LogP contribution < -0.4 is 0 Å². The van der Waals surface area contributed by atoms with Crippen molar-refractivity contribution in [3.8, 4) is 0 Å². The second-order valence-electron chi connectivity index (χ2n) is 4.32. The minimum absolute atomic E-state index is 0.807. The van der Waals surface area contributed by atoms with Gasteiger partial charge in [0.1, 0.15) is 0 Å². The predicted molar refractivity (Wildman–Crippen MR) is 78.3 cm³/mol. The molecule has 0 saturated carbocycles. The second-order valence-corrected chi connectivity index (χ2v) is 14.3. The Hall–Kier alpha value is 0.750. The lowest BCUT2D eigenvalue weighted by atomic mass is 10.9.